The Morgan fingerprint density at radius 1 is 1.15 bits per heavy atom. The summed E-state index contributed by atoms with van der Waals surface area (Å²) in [5, 5.41) is 0. The van der Waals surface area contributed by atoms with E-state index in [0.717, 1.165) is 12.5 Å². The summed E-state index contributed by atoms with van der Waals surface area (Å²) in [6.45, 7) is 5.38. The molecule has 0 bridgehead atoms. The maximum absolute atomic E-state index is 5.83. The Morgan fingerprint density at radius 3 is 2.38 bits per heavy atom. The first-order valence-corrected chi connectivity index (χ1v) is 8.08. The molecule has 2 heteroatoms. The van der Waals surface area contributed by atoms with Gasteiger partial charge in [0.05, 0.1) is 0 Å². The molecule has 0 heterocycles. The molecule has 0 amide bonds. The lowest BCUT2D eigenvalue weighted by molar-refractivity contribution is 0.319. The molecular weight excluding hydrogens is 176 g/mol. The van der Waals surface area contributed by atoms with Crippen LogP contribution < -0.4 is 0 Å². The van der Waals surface area contributed by atoms with Crippen LogP contribution in [0.1, 0.15) is 46.0 Å². The summed E-state index contributed by atoms with van der Waals surface area (Å²) in [6.07, 6.45) is 7.39. The molecule has 1 unspecified atom stereocenters. The number of hydrogen-bond acceptors (Lipinski definition) is 1. The third-order valence-corrected chi connectivity index (χ3v) is 6.09. The maximum Gasteiger partial charge on any atom is 0.176 e. The van der Waals surface area contributed by atoms with Gasteiger partial charge in [0.25, 0.3) is 0 Å². The average molecular weight is 200 g/mol. The molecule has 1 aliphatic rings. The summed E-state index contributed by atoms with van der Waals surface area (Å²) in [6, 6.07) is 2.77. The van der Waals surface area contributed by atoms with E-state index in [1.807, 2.05) is 0 Å². The van der Waals surface area contributed by atoms with Gasteiger partial charge in [-0.05, 0) is 24.9 Å². The van der Waals surface area contributed by atoms with Crippen LogP contribution in [0.4, 0.5) is 0 Å². The normalized spacial score (nSPS) is 21.7. The molecule has 0 spiro atoms. The van der Waals surface area contributed by atoms with Crippen molar-refractivity contribution in [2.24, 2.45) is 5.92 Å². The first-order chi connectivity index (χ1) is 6.36. The monoisotopic (exact) mass is 200 g/mol. The quantitative estimate of drug-likeness (QED) is 0.618. The van der Waals surface area contributed by atoms with Gasteiger partial charge in [0, 0.05) is 6.61 Å². The minimum atomic E-state index is -0.786. The Labute approximate surface area is 84.6 Å². The third kappa shape index (κ3) is 4.27. The van der Waals surface area contributed by atoms with E-state index in [1.54, 1.807) is 0 Å². The first kappa shape index (κ1) is 11.3. The summed E-state index contributed by atoms with van der Waals surface area (Å²) >= 11 is 0. The second-order valence-electron chi connectivity index (χ2n) is 4.23. The summed E-state index contributed by atoms with van der Waals surface area (Å²) in [4.78, 5) is 0. The van der Waals surface area contributed by atoms with Gasteiger partial charge < -0.3 is 4.43 Å². The van der Waals surface area contributed by atoms with Crippen molar-refractivity contribution in [2.75, 3.05) is 6.61 Å². The average Bonchev–Trinajstić information content (AvgIpc) is 2.19. The van der Waals surface area contributed by atoms with Gasteiger partial charge in [-0.3, -0.25) is 0 Å². The van der Waals surface area contributed by atoms with Crippen LogP contribution in [0.2, 0.25) is 12.1 Å². The van der Waals surface area contributed by atoms with Gasteiger partial charge in [-0.15, -0.1) is 0 Å². The van der Waals surface area contributed by atoms with E-state index in [-0.39, 0.29) is 0 Å². The lowest BCUT2D eigenvalue weighted by Gasteiger charge is -2.24. The van der Waals surface area contributed by atoms with E-state index < -0.39 is 9.04 Å². The predicted molar refractivity (Wildman–Crippen MR) is 60.6 cm³/mol. The fourth-order valence-corrected chi connectivity index (χ4v) is 4.77. The Bertz CT molecular complexity index is 119. The Hall–Kier alpha value is 0.177. The van der Waals surface area contributed by atoms with Crippen molar-refractivity contribution in [2.45, 2.75) is 58.0 Å². The van der Waals surface area contributed by atoms with Crippen molar-refractivity contribution >= 4 is 9.04 Å². The Kier molecular flexibility index (Phi) is 5.72. The molecule has 0 aromatic heterocycles. The standard InChI is InChI=1S/C11H24OSi/c1-3-12-13(4-2)10-11-8-6-5-7-9-11/h11,13H,3-10H2,1-2H3. The molecule has 0 saturated heterocycles. The Balaban J connectivity index is 2.18. The van der Waals surface area contributed by atoms with E-state index in [0.29, 0.717) is 0 Å². The fourth-order valence-electron chi connectivity index (χ4n) is 2.38. The van der Waals surface area contributed by atoms with E-state index in [9.17, 15) is 0 Å². The lowest BCUT2D eigenvalue weighted by Crippen LogP contribution is -2.22. The summed E-state index contributed by atoms with van der Waals surface area (Å²) in [5.41, 5.74) is 0. The molecule has 78 valence electrons. The molecule has 1 saturated carbocycles. The highest BCUT2D eigenvalue weighted by Crippen LogP contribution is 2.28. The van der Waals surface area contributed by atoms with Crippen molar-refractivity contribution in [1.82, 2.24) is 0 Å². The van der Waals surface area contributed by atoms with E-state index in [2.05, 4.69) is 13.8 Å². The predicted octanol–water partition coefficient (Wildman–Crippen LogP) is 3.35. The van der Waals surface area contributed by atoms with E-state index in [4.69, 9.17) is 4.43 Å². The minimum absolute atomic E-state index is 0.786. The minimum Gasteiger partial charge on any atom is -0.420 e. The second-order valence-corrected chi connectivity index (χ2v) is 7.09. The largest absolute Gasteiger partial charge is 0.420 e. The van der Waals surface area contributed by atoms with Gasteiger partial charge in [0.15, 0.2) is 9.04 Å². The summed E-state index contributed by atoms with van der Waals surface area (Å²) < 4.78 is 5.83. The zero-order valence-electron chi connectivity index (χ0n) is 9.22. The van der Waals surface area contributed by atoms with Gasteiger partial charge in [-0.1, -0.05) is 39.0 Å². The third-order valence-electron chi connectivity index (χ3n) is 3.18. The van der Waals surface area contributed by atoms with E-state index in [1.165, 1.54) is 44.2 Å². The van der Waals surface area contributed by atoms with Gasteiger partial charge in [-0.2, -0.15) is 0 Å². The lowest BCUT2D eigenvalue weighted by atomic mass is 9.91. The van der Waals surface area contributed by atoms with Crippen LogP contribution in [0.25, 0.3) is 0 Å². The highest BCUT2D eigenvalue weighted by atomic mass is 28.3. The Morgan fingerprint density at radius 2 is 1.85 bits per heavy atom. The molecule has 0 N–H and O–H groups in total. The molecule has 1 aliphatic carbocycles. The summed E-state index contributed by atoms with van der Waals surface area (Å²) in [5.74, 6) is 1.02. The topological polar surface area (TPSA) is 9.23 Å². The van der Waals surface area contributed by atoms with Crippen molar-refractivity contribution in [3.8, 4) is 0 Å². The highest BCUT2D eigenvalue weighted by molar-refractivity contribution is 6.51. The van der Waals surface area contributed by atoms with Crippen molar-refractivity contribution in [3.05, 3.63) is 0 Å². The smallest absolute Gasteiger partial charge is 0.176 e. The van der Waals surface area contributed by atoms with Gasteiger partial charge in [0.1, 0.15) is 0 Å². The molecule has 13 heavy (non-hydrogen) atoms. The summed E-state index contributed by atoms with van der Waals surface area (Å²) in [7, 11) is -0.786. The van der Waals surface area contributed by atoms with Crippen LogP contribution in [0, 0.1) is 5.92 Å². The van der Waals surface area contributed by atoms with Crippen molar-refractivity contribution in [1.29, 1.82) is 0 Å². The number of hydrogen-bond donors (Lipinski definition) is 0. The SMILES string of the molecule is CCO[SiH](CC)CC1CCCCC1. The fraction of sp³-hybridized carbons (Fsp3) is 1.00. The van der Waals surface area contributed by atoms with Crippen molar-refractivity contribution in [3.63, 3.8) is 0 Å². The first-order valence-electron chi connectivity index (χ1n) is 5.98. The van der Waals surface area contributed by atoms with Gasteiger partial charge in [0.2, 0.25) is 0 Å². The van der Waals surface area contributed by atoms with Crippen LogP contribution in [-0.2, 0) is 4.43 Å². The zero-order valence-corrected chi connectivity index (χ0v) is 10.4. The van der Waals surface area contributed by atoms with Crippen LogP contribution in [0.15, 0.2) is 0 Å². The second kappa shape index (κ2) is 6.60. The molecule has 0 aliphatic heterocycles. The van der Waals surface area contributed by atoms with Crippen LogP contribution in [0.5, 0.6) is 0 Å². The van der Waals surface area contributed by atoms with Crippen LogP contribution >= 0.6 is 0 Å². The molecule has 0 aromatic carbocycles. The van der Waals surface area contributed by atoms with Gasteiger partial charge >= 0.3 is 0 Å². The molecule has 1 fully saturated rings. The van der Waals surface area contributed by atoms with Crippen LogP contribution in [-0.4, -0.2) is 15.6 Å². The van der Waals surface area contributed by atoms with Gasteiger partial charge in [-0.25, -0.2) is 0 Å². The maximum atomic E-state index is 5.83. The van der Waals surface area contributed by atoms with Crippen LogP contribution in [0.3, 0.4) is 0 Å². The molecule has 1 atom stereocenters. The van der Waals surface area contributed by atoms with Crippen molar-refractivity contribution < 1.29 is 4.43 Å². The molecule has 0 radical (unpaired) electrons. The molecule has 1 nitrogen and oxygen atoms in total. The number of rotatable bonds is 5. The zero-order chi connectivity index (χ0) is 9.52. The molecule has 1 rings (SSSR count). The highest BCUT2D eigenvalue weighted by Gasteiger charge is 2.19. The molecular formula is C11H24OSi. The molecule has 0 aromatic rings. The van der Waals surface area contributed by atoms with E-state index >= 15 is 0 Å².